The van der Waals surface area contributed by atoms with E-state index in [-0.39, 0.29) is 0 Å². The lowest BCUT2D eigenvalue weighted by atomic mass is 10.1. The van der Waals surface area contributed by atoms with Crippen LogP contribution in [0.15, 0.2) is 22.9 Å². The first-order chi connectivity index (χ1) is 9.17. The minimum Gasteiger partial charge on any atom is -0.495 e. The maximum atomic E-state index is 11.9. The number of rotatable bonds is 4. The number of pyridine rings is 1. The zero-order valence-corrected chi connectivity index (χ0v) is 11.0. The molecular weight excluding hydrogens is 248 g/mol. The Hall–Kier alpha value is -2.37. The summed E-state index contributed by atoms with van der Waals surface area (Å²) in [4.78, 5) is 16.1. The minimum atomic E-state index is -0.464. The SMILES string of the molecule is CCOC(=O)c1c(-c2ccc(OC)cn2)noc1C. The molecule has 100 valence electrons. The average molecular weight is 262 g/mol. The number of carbonyl (C=O) groups excluding carboxylic acids is 1. The van der Waals surface area contributed by atoms with E-state index >= 15 is 0 Å². The van der Waals surface area contributed by atoms with Crippen molar-refractivity contribution in [3.63, 3.8) is 0 Å². The third-order valence-electron chi connectivity index (χ3n) is 2.56. The Morgan fingerprint density at radius 2 is 2.21 bits per heavy atom. The van der Waals surface area contributed by atoms with Gasteiger partial charge in [0, 0.05) is 0 Å². The Morgan fingerprint density at radius 1 is 1.42 bits per heavy atom. The molecule has 0 aromatic carbocycles. The molecule has 0 saturated heterocycles. The molecule has 2 aromatic rings. The molecule has 2 rings (SSSR count). The number of methoxy groups -OCH3 is 1. The summed E-state index contributed by atoms with van der Waals surface area (Å²) in [5, 5.41) is 3.87. The first-order valence-electron chi connectivity index (χ1n) is 5.81. The molecule has 2 heterocycles. The Kier molecular flexibility index (Phi) is 3.79. The van der Waals surface area contributed by atoms with E-state index in [0.29, 0.717) is 35.1 Å². The van der Waals surface area contributed by atoms with E-state index in [0.717, 1.165) is 0 Å². The molecular formula is C13H14N2O4. The molecule has 0 atom stereocenters. The van der Waals surface area contributed by atoms with Gasteiger partial charge in [0.25, 0.3) is 0 Å². The van der Waals surface area contributed by atoms with Gasteiger partial charge in [0.05, 0.1) is 25.6 Å². The molecule has 19 heavy (non-hydrogen) atoms. The summed E-state index contributed by atoms with van der Waals surface area (Å²) in [5.41, 5.74) is 1.21. The van der Waals surface area contributed by atoms with E-state index in [1.54, 1.807) is 39.3 Å². The molecule has 6 nitrogen and oxygen atoms in total. The van der Waals surface area contributed by atoms with Crippen LogP contribution in [-0.4, -0.2) is 29.8 Å². The maximum absolute atomic E-state index is 11.9. The van der Waals surface area contributed by atoms with Crippen LogP contribution in [0, 0.1) is 6.92 Å². The smallest absolute Gasteiger partial charge is 0.344 e. The molecule has 0 spiro atoms. The highest BCUT2D eigenvalue weighted by Crippen LogP contribution is 2.25. The quantitative estimate of drug-likeness (QED) is 0.786. The zero-order valence-electron chi connectivity index (χ0n) is 11.0. The van der Waals surface area contributed by atoms with E-state index in [1.165, 1.54) is 0 Å². The number of aryl methyl sites for hydroxylation is 1. The summed E-state index contributed by atoms with van der Waals surface area (Å²) < 4.78 is 15.1. The van der Waals surface area contributed by atoms with Crippen molar-refractivity contribution in [1.82, 2.24) is 10.1 Å². The zero-order chi connectivity index (χ0) is 13.8. The van der Waals surface area contributed by atoms with Crippen LogP contribution < -0.4 is 4.74 Å². The monoisotopic (exact) mass is 262 g/mol. The molecule has 0 amide bonds. The van der Waals surface area contributed by atoms with E-state index in [2.05, 4.69) is 10.1 Å². The lowest BCUT2D eigenvalue weighted by molar-refractivity contribution is 0.0525. The first kappa shape index (κ1) is 13.1. The summed E-state index contributed by atoms with van der Waals surface area (Å²) >= 11 is 0. The fourth-order valence-corrected chi connectivity index (χ4v) is 1.63. The fraction of sp³-hybridized carbons (Fsp3) is 0.308. The van der Waals surface area contributed by atoms with Crippen molar-refractivity contribution < 1.29 is 18.8 Å². The highest BCUT2D eigenvalue weighted by Gasteiger charge is 2.23. The lowest BCUT2D eigenvalue weighted by Crippen LogP contribution is -2.07. The van der Waals surface area contributed by atoms with E-state index in [4.69, 9.17) is 14.0 Å². The van der Waals surface area contributed by atoms with Crippen molar-refractivity contribution in [2.24, 2.45) is 0 Å². The lowest BCUT2D eigenvalue weighted by Gasteiger charge is -2.03. The minimum absolute atomic E-state index is 0.291. The van der Waals surface area contributed by atoms with Crippen molar-refractivity contribution in [2.75, 3.05) is 13.7 Å². The van der Waals surface area contributed by atoms with Gasteiger partial charge in [0.1, 0.15) is 22.8 Å². The molecule has 0 radical (unpaired) electrons. The first-order valence-corrected chi connectivity index (χ1v) is 5.81. The number of esters is 1. The Balaban J connectivity index is 2.41. The summed E-state index contributed by atoms with van der Waals surface area (Å²) in [6, 6.07) is 3.44. The molecule has 0 aliphatic carbocycles. The Morgan fingerprint density at radius 3 is 2.79 bits per heavy atom. The second kappa shape index (κ2) is 5.51. The van der Waals surface area contributed by atoms with Crippen molar-refractivity contribution in [1.29, 1.82) is 0 Å². The number of nitrogens with zero attached hydrogens (tertiary/aromatic N) is 2. The van der Waals surface area contributed by atoms with Crippen LogP contribution >= 0.6 is 0 Å². The fourth-order valence-electron chi connectivity index (χ4n) is 1.63. The highest BCUT2D eigenvalue weighted by molar-refractivity contribution is 5.96. The second-order valence-electron chi connectivity index (χ2n) is 3.77. The molecule has 0 unspecified atom stereocenters. The number of aromatic nitrogens is 2. The summed E-state index contributed by atoms with van der Waals surface area (Å²) in [5.74, 6) is 0.571. The Labute approximate surface area is 110 Å². The van der Waals surface area contributed by atoms with Gasteiger partial charge in [-0.1, -0.05) is 5.16 Å². The molecule has 0 saturated carbocycles. The van der Waals surface area contributed by atoms with Crippen molar-refractivity contribution in [3.8, 4) is 17.1 Å². The third kappa shape index (κ3) is 2.57. The van der Waals surface area contributed by atoms with Crippen LogP contribution in [0.25, 0.3) is 11.4 Å². The number of hydrogen-bond acceptors (Lipinski definition) is 6. The number of ether oxygens (including phenoxy) is 2. The van der Waals surface area contributed by atoms with Gasteiger partial charge in [-0.05, 0) is 26.0 Å². The van der Waals surface area contributed by atoms with Crippen molar-refractivity contribution in [3.05, 3.63) is 29.7 Å². The molecule has 0 aliphatic rings. The molecule has 0 aliphatic heterocycles. The van der Waals surface area contributed by atoms with Gasteiger partial charge < -0.3 is 14.0 Å². The van der Waals surface area contributed by atoms with Crippen LogP contribution in [0.5, 0.6) is 5.75 Å². The van der Waals surface area contributed by atoms with Crippen LogP contribution in [0.4, 0.5) is 0 Å². The maximum Gasteiger partial charge on any atom is 0.344 e. The number of carbonyl (C=O) groups is 1. The summed E-state index contributed by atoms with van der Waals surface area (Å²) in [6.45, 7) is 3.69. The van der Waals surface area contributed by atoms with Gasteiger partial charge in [-0.15, -0.1) is 0 Å². The van der Waals surface area contributed by atoms with Crippen LogP contribution in [0.3, 0.4) is 0 Å². The molecule has 2 aromatic heterocycles. The van der Waals surface area contributed by atoms with Crippen molar-refractivity contribution >= 4 is 5.97 Å². The molecule has 0 N–H and O–H groups in total. The van der Waals surface area contributed by atoms with E-state index < -0.39 is 5.97 Å². The third-order valence-corrected chi connectivity index (χ3v) is 2.56. The van der Waals surface area contributed by atoms with Crippen LogP contribution in [0.2, 0.25) is 0 Å². The summed E-state index contributed by atoms with van der Waals surface area (Å²) in [6.07, 6.45) is 1.55. The van der Waals surface area contributed by atoms with Gasteiger partial charge in [-0.3, -0.25) is 4.98 Å². The van der Waals surface area contributed by atoms with E-state index in [9.17, 15) is 4.79 Å². The average Bonchev–Trinajstić information content (AvgIpc) is 2.81. The molecule has 0 bridgehead atoms. The van der Waals surface area contributed by atoms with Gasteiger partial charge in [0.15, 0.2) is 0 Å². The summed E-state index contributed by atoms with van der Waals surface area (Å²) in [7, 11) is 1.56. The normalized spacial score (nSPS) is 10.3. The predicted octanol–water partition coefficient (Wildman–Crippen LogP) is 2.23. The molecule has 6 heteroatoms. The topological polar surface area (TPSA) is 74.5 Å². The van der Waals surface area contributed by atoms with Gasteiger partial charge in [-0.25, -0.2) is 4.79 Å². The number of hydrogen-bond donors (Lipinski definition) is 0. The van der Waals surface area contributed by atoms with E-state index in [1.807, 2.05) is 0 Å². The second-order valence-corrected chi connectivity index (χ2v) is 3.77. The largest absolute Gasteiger partial charge is 0.495 e. The van der Waals surface area contributed by atoms with Crippen LogP contribution in [0.1, 0.15) is 23.0 Å². The highest BCUT2D eigenvalue weighted by atomic mass is 16.5. The van der Waals surface area contributed by atoms with Gasteiger partial charge in [-0.2, -0.15) is 0 Å². The predicted molar refractivity (Wildman–Crippen MR) is 67.0 cm³/mol. The van der Waals surface area contributed by atoms with Crippen molar-refractivity contribution in [2.45, 2.75) is 13.8 Å². The van der Waals surface area contributed by atoms with Gasteiger partial charge >= 0.3 is 5.97 Å². The Bertz CT molecular complexity index is 575. The van der Waals surface area contributed by atoms with Gasteiger partial charge in [0.2, 0.25) is 0 Å². The van der Waals surface area contributed by atoms with Crippen LogP contribution in [-0.2, 0) is 4.74 Å². The molecule has 0 fully saturated rings. The standard InChI is InChI=1S/C13H14N2O4/c1-4-18-13(16)11-8(2)19-15-12(11)10-6-5-9(17-3)7-14-10/h5-7H,4H2,1-3H3.